The summed E-state index contributed by atoms with van der Waals surface area (Å²) in [5.74, 6) is 0.146. The van der Waals surface area contributed by atoms with E-state index >= 15 is 0 Å². The number of rotatable bonds is 6. The summed E-state index contributed by atoms with van der Waals surface area (Å²) >= 11 is 7.70. The van der Waals surface area contributed by atoms with Crippen molar-refractivity contribution in [1.82, 2.24) is 14.4 Å². The van der Waals surface area contributed by atoms with E-state index in [1.165, 1.54) is 15.8 Å². The van der Waals surface area contributed by atoms with Gasteiger partial charge in [-0.25, -0.2) is 0 Å². The number of benzene rings is 2. The average Bonchev–Trinajstić information content (AvgIpc) is 3.42. The first-order valence-corrected chi connectivity index (χ1v) is 12.3. The zero-order chi connectivity index (χ0) is 21.9. The number of carbonyl (C=O) groups is 1. The maximum atomic E-state index is 13.5. The zero-order valence-corrected chi connectivity index (χ0v) is 19.5. The minimum Gasteiger partial charge on any atom is -0.335 e. The van der Waals surface area contributed by atoms with Crippen LogP contribution in [0.25, 0.3) is 10.2 Å². The smallest absolute Gasteiger partial charge is 0.270 e. The molecular weight excluding hydrogens is 438 g/mol. The van der Waals surface area contributed by atoms with Crippen molar-refractivity contribution >= 4 is 39.1 Å². The Balaban J connectivity index is 1.26. The minimum absolute atomic E-state index is 0.146. The van der Waals surface area contributed by atoms with Gasteiger partial charge in [-0.05, 0) is 47.2 Å². The molecule has 0 radical (unpaired) electrons. The van der Waals surface area contributed by atoms with Crippen LogP contribution in [0, 0.1) is 0 Å². The van der Waals surface area contributed by atoms with E-state index < -0.39 is 0 Å². The van der Waals surface area contributed by atoms with Crippen molar-refractivity contribution in [1.29, 1.82) is 0 Å². The fraction of sp³-hybridized carbons (Fsp3) is 0.269. The normalized spacial score (nSPS) is 14.8. The van der Waals surface area contributed by atoms with Crippen molar-refractivity contribution in [3.63, 3.8) is 0 Å². The molecule has 1 aliphatic rings. The van der Waals surface area contributed by atoms with E-state index in [-0.39, 0.29) is 5.91 Å². The van der Waals surface area contributed by atoms with Crippen LogP contribution >= 0.6 is 22.9 Å². The highest BCUT2D eigenvalue weighted by Gasteiger charge is 2.25. The molecule has 32 heavy (non-hydrogen) atoms. The Morgan fingerprint density at radius 3 is 2.41 bits per heavy atom. The first-order valence-electron chi connectivity index (χ1n) is 11.0. The third-order valence-electron chi connectivity index (χ3n) is 6.19. The molecule has 3 heterocycles. The Bertz CT molecular complexity index is 1190. The first kappa shape index (κ1) is 21.3. The number of hydrogen-bond acceptors (Lipinski definition) is 3. The van der Waals surface area contributed by atoms with Gasteiger partial charge in [-0.1, -0.05) is 54.1 Å². The van der Waals surface area contributed by atoms with E-state index in [4.69, 9.17) is 11.6 Å². The molecule has 1 fully saturated rings. The van der Waals surface area contributed by atoms with Crippen LogP contribution in [0.1, 0.15) is 21.6 Å². The van der Waals surface area contributed by atoms with Crippen LogP contribution in [0.4, 0.5) is 0 Å². The van der Waals surface area contributed by atoms with Crippen molar-refractivity contribution in [2.24, 2.45) is 0 Å². The third kappa shape index (κ3) is 4.60. The van der Waals surface area contributed by atoms with Crippen molar-refractivity contribution < 1.29 is 4.79 Å². The SMILES string of the molecule is O=C(c1cc2sccc2n1CCc1ccccc1)N1CCN(Cc2ccc(Cl)cc2)CC1. The van der Waals surface area contributed by atoms with Gasteiger partial charge in [0, 0.05) is 44.3 Å². The number of carbonyl (C=O) groups excluding carboxylic acids is 1. The minimum atomic E-state index is 0.146. The van der Waals surface area contributed by atoms with Gasteiger partial charge in [-0.3, -0.25) is 9.69 Å². The molecule has 6 heteroatoms. The van der Waals surface area contributed by atoms with E-state index in [0.29, 0.717) is 0 Å². The van der Waals surface area contributed by atoms with Crippen molar-refractivity contribution in [3.8, 4) is 0 Å². The molecule has 4 nitrogen and oxygen atoms in total. The Hall–Kier alpha value is -2.60. The number of thiophene rings is 1. The van der Waals surface area contributed by atoms with E-state index in [1.807, 2.05) is 23.1 Å². The molecule has 0 unspecified atom stereocenters. The number of hydrogen-bond donors (Lipinski definition) is 0. The highest BCUT2D eigenvalue weighted by molar-refractivity contribution is 7.17. The summed E-state index contributed by atoms with van der Waals surface area (Å²) < 4.78 is 3.39. The molecule has 0 atom stereocenters. The van der Waals surface area contributed by atoms with Crippen LogP contribution < -0.4 is 0 Å². The molecule has 0 N–H and O–H groups in total. The lowest BCUT2D eigenvalue weighted by molar-refractivity contribution is 0.0618. The first-order chi connectivity index (χ1) is 15.7. The largest absolute Gasteiger partial charge is 0.335 e. The van der Waals surface area contributed by atoms with Crippen molar-refractivity contribution in [2.75, 3.05) is 26.2 Å². The molecule has 0 spiro atoms. The number of piperazine rings is 1. The average molecular weight is 464 g/mol. The van der Waals surface area contributed by atoms with E-state index in [0.717, 1.165) is 61.9 Å². The van der Waals surface area contributed by atoms with E-state index in [1.54, 1.807) is 11.3 Å². The highest BCUT2D eigenvalue weighted by atomic mass is 35.5. The fourth-order valence-corrected chi connectivity index (χ4v) is 5.35. The van der Waals surface area contributed by atoms with Gasteiger partial charge in [0.25, 0.3) is 5.91 Å². The van der Waals surface area contributed by atoms with Gasteiger partial charge in [0.2, 0.25) is 0 Å². The van der Waals surface area contributed by atoms with Gasteiger partial charge in [-0.15, -0.1) is 11.3 Å². The summed E-state index contributed by atoms with van der Waals surface area (Å²) in [5, 5.41) is 2.87. The third-order valence-corrected chi connectivity index (χ3v) is 7.29. The lowest BCUT2D eigenvalue weighted by atomic mass is 10.1. The molecule has 0 aliphatic carbocycles. The molecule has 4 aromatic rings. The summed E-state index contributed by atoms with van der Waals surface area (Å²) in [7, 11) is 0. The molecular formula is C26H26ClN3OS. The van der Waals surface area contributed by atoms with Crippen LogP contribution in [0.2, 0.25) is 5.02 Å². The number of halogens is 1. The second-order valence-electron chi connectivity index (χ2n) is 8.28. The number of aromatic nitrogens is 1. The predicted molar refractivity (Wildman–Crippen MR) is 133 cm³/mol. The summed E-state index contributed by atoms with van der Waals surface area (Å²) in [6, 6.07) is 22.7. The maximum absolute atomic E-state index is 13.5. The molecule has 0 saturated carbocycles. The maximum Gasteiger partial charge on any atom is 0.270 e. The topological polar surface area (TPSA) is 28.5 Å². The van der Waals surface area contributed by atoms with Gasteiger partial charge in [0.1, 0.15) is 5.69 Å². The quantitative estimate of drug-likeness (QED) is 0.374. The van der Waals surface area contributed by atoms with Crippen LogP contribution in [0.3, 0.4) is 0 Å². The molecule has 5 rings (SSSR count). The van der Waals surface area contributed by atoms with Crippen LogP contribution in [0.15, 0.2) is 72.1 Å². The van der Waals surface area contributed by atoms with Gasteiger partial charge in [0.05, 0.1) is 10.2 Å². The van der Waals surface area contributed by atoms with Gasteiger partial charge < -0.3 is 9.47 Å². The summed E-state index contributed by atoms with van der Waals surface area (Å²) in [5.41, 5.74) is 4.52. The molecule has 1 saturated heterocycles. The standard InChI is InChI=1S/C26H26ClN3OS/c27-22-8-6-21(7-9-22)19-28-13-15-29(16-14-28)26(31)24-18-25-23(11-17-32-25)30(24)12-10-20-4-2-1-3-5-20/h1-9,11,17-18H,10,12-16,19H2. The van der Waals surface area contributed by atoms with Gasteiger partial charge in [-0.2, -0.15) is 0 Å². The lowest BCUT2D eigenvalue weighted by Crippen LogP contribution is -2.48. The van der Waals surface area contributed by atoms with E-state index in [2.05, 4.69) is 63.4 Å². The highest BCUT2D eigenvalue weighted by Crippen LogP contribution is 2.27. The zero-order valence-electron chi connectivity index (χ0n) is 17.9. The summed E-state index contributed by atoms with van der Waals surface area (Å²) in [6.07, 6.45) is 0.912. The van der Waals surface area contributed by atoms with Crippen LogP contribution in [0.5, 0.6) is 0 Å². The predicted octanol–water partition coefficient (Wildman–Crippen LogP) is 5.56. The Kier molecular flexibility index (Phi) is 6.30. The summed E-state index contributed by atoms with van der Waals surface area (Å²) in [6.45, 7) is 4.97. The van der Waals surface area contributed by atoms with Crippen LogP contribution in [-0.2, 0) is 19.5 Å². The molecule has 1 amide bonds. The Labute approximate surface area is 197 Å². The second-order valence-corrected chi connectivity index (χ2v) is 9.67. The van der Waals surface area contributed by atoms with E-state index in [9.17, 15) is 4.79 Å². The van der Waals surface area contributed by atoms with Gasteiger partial charge >= 0.3 is 0 Å². The van der Waals surface area contributed by atoms with Gasteiger partial charge in [0.15, 0.2) is 0 Å². The van der Waals surface area contributed by atoms with Crippen molar-refractivity contribution in [2.45, 2.75) is 19.5 Å². The number of nitrogens with zero attached hydrogens (tertiary/aromatic N) is 3. The fourth-order valence-electron chi connectivity index (χ4n) is 4.40. The second kappa shape index (κ2) is 9.49. The molecule has 2 aromatic carbocycles. The lowest BCUT2D eigenvalue weighted by Gasteiger charge is -2.35. The Morgan fingerprint density at radius 2 is 1.66 bits per heavy atom. The molecule has 0 bridgehead atoms. The number of fused-ring (bicyclic) bond motifs is 1. The Morgan fingerprint density at radius 1 is 0.906 bits per heavy atom. The monoisotopic (exact) mass is 463 g/mol. The van der Waals surface area contributed by atoms with Crippen molar-refractivity contribution in [3.05, 3.63) is 94.0 Å². The summed E-state index contributed by atoms with van der Waals surface area (Å²) in [4.78, 5) is 17.9. The number of amides is 1. The number of aryl methyl sites for hydroxylation is 2. The van der Waals surface area contributed by atoms with Crippen LogP contribution in [-0.4, -0.2) is 46.5 Å². The molecule has 1 aliphatic heterocycles. The molecule has 164 valence electrons. The molecule has 2 aromatic heterocycles.